The van der Waals surface area contributed by atoms with Gasteiger partial charge in [0, 0.05) is 21.3 Å². The lowest BCUT2D eigenvalue weighted by molar-refractivity contribution is 1.04. The number of nitrogen functional groups attached to an aromatic ring is 1. The van der Waals surface area contributed by atoms with E-state index in [1.54, 1.807) is 11.3 Å². The zero-order chi connectivity index (χ0) is 12.5. The lowest BCUT2D eigenvalue weighted by atomic mass is 10.0. The van der Waals surface area contributed by atoms with E-state index in [4.69, 9.17) is 5.73 Å². The van der Waals surface area contributed by atoms with Gasteiger partial charge in [-0.1, -0.05) is 19.1 Å². The molecule has 2 aromatic heterocycles. The third-order valence-corrected chi connectivity index (χ3v) is 4.01. The minimum Gasteiger partial charge on any atom is -0.383 e. The molecule has 0 radical (unpaired) electrons. The highest BCUT2D eigenvalue weighted by Gasteiger charge is 2.08. The summed E-state index contributed by atoms with van der Waals surface area (Å²) in [4.78, 5) is 4.44. The molecule has 0 aliphatic rings. The van der Waals surface area contributed by atoms with Crippen LogP contribution in [-0.2, 0) is 6.42 Å². The molecule has 0 amide bonds. The molecule has 1 aromatic carbocycles. The van der Waals surface area contributed by atoms with Gasteiger partial charge < -0.3 is 5.73 Å². The van der Waals surface area contributed by atoms with Gasteiger partial charge in [-0.2, -0.15) is 0 Å². The van der Waals surface area contributed by atoms with Crippen molar-refractivity contribution in [1.29, 1.82) is 0 Å². The van der Waals surface area contributed by atoms with Crippen LogP contribution in [0.2, 0.25) is 0 Å². The minimum absolute atomic E-state index is 0.619. The van der Waals surface area contributed by atoms with Gasteiger partial charge in [-0.15, -0.1) is 11.3 Å². The third kappa shape index (κ3) is 1.77. The van der Waals surface area contributed by atoms with Gasteiger partial charge in [-0.05, 0) is 41.6 Å². The first-order valence-electron chi connectivity index (χ1n) is 6.01. The lowest BCUT2D eigenvalue weighted by Crippen LogP contribution is -1.97. The number of aromatic nitrogens is 1. The van der Waals surface area contributed by atoms with Crippen LogP contribution in [0.1, 0.15) is 12.6 Å². The van der Waals surface area contributed by atoms with Crippen LogP contribution in [0.15, 0.2) is 41.8 Å². The average Bonchev–Trinajstić information content (AvgIpc) is 2.87. The number of nitrogens with zero attached hydrogens (tertiary/aromatic N) is 1. The fraction of sp³-hybridized carbons (Fsp3) is 0.133. The number of aryl methyl sites for hydroxylation is 1. The van der Waals surface area contributed by atoms with Gasteiger partial charge in [0.25, 0.3) is 0 Å². The Kier molecular flexibility index (Phi) is 2.76. The van der Waals surface area contributed by atoms with Crippen LogP contribution in [0.5, 0.6) is 0 Å². The summed E-state index contributed by atoms with van der Waals surface area (Å²) < 4.78 is 1.28. The molecule has 0 atom stereocenters. The van der Waals surface area contributed by atoms with Gasteiger partial charge in [0.05, 0.1) is 0 Å². The second kappa shape index (κ2) is 4.42. The number of rotatable bonds is 2. The summed E-state index contributed by atoms with van der Waals surface area (Å²) in [6.07, 6.45) is 0.910. The molecule has 0 bridgehead atoms. The van der Waals surface area contributed by atoms with Crippen molar-refractivity contribution in [2.45, 2.75) is 13.3 Å². The van der Waals surface area contributed by atoms with Crippen molar-refractivity contribution in [2.75, 3.05) is 5.73 Å². The summed E-state index contributed by atoms with van der Waals surface area (Å²) in [6.45, 7) is 2.08. The smallest absolute Gasteiger partial charge is 0.131 e. The second-order valence-electron chi connectivity index (χ2n) is 4.23. The Morgan fingerprint density at radius 3 is 2.78 bits per heavy atom. The molecule has 0 spiro atoms. The summed E-state index contributed by atoms with van der Waals surface area (Å²) in [5.74, 6) is 0.619. The van der Waals surface area contributed by atoms with Gasteiger partial charge in [0.15, 0.2) is 0 Å². The van der Waals surface area contributed by atoms with E-state index in [0.717, 1.165) is 17.7 Å². The van der Waals surface area contributed by atoms with E-state index >= 15 is 0 Å². The first-order chi connectivity index (χ1) is 8.79. The molecule has 0 aliphatic heterocycles. The summed E-state index contributed by atoms with van der Waals surface area (Å²) in [5.41, 5.74) is 9.31. The third-order valence-electron chi connectivity index (χ3n) is 3.13. The lowest BCUT2D eigenvalue weighted by Gasteiger charge is -2.08. The topological polar surface area (TPSA) is 38.9 Å². The van der Waals surface area contributed by atoms with Crippen molar-refractivity contribution in [2.24, 2.45) is 0 Å². The maximum atomic E-state index is 6.08. The first-order valence-corrected chi connectivity index (χ1v) is 6.89. The van der Waals surface area contributed by atoms with E-state index in [0.29, 0.717) is 5.82 Å². The molecule has 3 rings (SSSR count). The highest BCUT2D eigenvalue weighted by molar-refractivity contribution is 7.17. The monoisotopic (exact) mass is 254 g/mol. The van der Waals surface area contributed by atoms with Crippen molar-refractivity contribution in [3.8, 4) is 11.1 Å². The molecule has 0 unspecified atom stereocenters. The average molecular weight is 254 g/mol. The Morgan fingerprint density at radius 2 is 2.00 bits per heavy atom. The fourth-order valence-electron chi connectivity index (χ4n) is 2.17. The van der Waals surface area contributed by atoms with Crippen LogP contribution in [0.25, 0.3) is 21.2 Å². The van der Waals surface area contributed by atoms with Gasteiger partial charge in [0.2, 0.25) is 0 Å². The second-order valence-corrected chi connectivity index (χ2v) is 5.17. The number of hydrogen-bond donors (Lipinski definition) is 1. The van der Waals surface area contributed by atoms with Gasteiger partial charge in [0.1, 0.15) is 5.82 Å². The Morgan fingerprint density at radius 1 is 1.11 bits per heavy atom. The highest BCUT2D eigenvalue weighted by Crippen LogP contribution is 2.34. The number of anilines is 1. The van der Waals surface area contributed by atoms with E-state index in [1.807, 2.05) is 0 Å². The predicted molar refractivity (Wildman–Crippen MR) is 78.8 cm³/mol. The largest absolute Gasteiger partial charge is 0.383 e. The van der Waals surface area contributed by atoms with Crippen LogP contribution in [-0.4, -0.2) is 4.98 Å². The Hall–Kier alpha value is -1.87. The quantitative estimate of drug-likeness (QED) is 0.747. The molecule has 0 saturated carbocycles. The normalized spacial score (nSPS) is 10.9. The molecule has 3 aromatic rings. The molecular weight excluding hydrogens is 240 g/mol. The van der Waals surface area contributed by atoms with Crippen molar-refractivity contribution >= 4 is 27.2 Å². The maximum absolute atomic E-state index is 6.08. The standard InChI is InChI=1S/C15H14N2S/c1-2-10-6-7-13(15(16)17-10)11-4-3-5-14-12(11)8-9-18-14/h3-9H,2H2,1H3,(H2,16,17). The van der Waals surface area contributed by atoms with E-state index in [9.17, 15) is 0 Å². The molecule has 2 nitrogen and oxygen atoms in total. The van der Waals surface area contributed by atoms with Crippen LogP contribution in [0.4, 0.5) is 5.82 Å². The number of hydrogen-bond acceptors (Lipinski definition) is 3. The Balaban J connectivity index is 2.23. The minimum atomic E-state index is 0.619. The van der Waals surface area contributed by atoms with Crippen molar-refractivity contribution in [3.05, 3.63) is 47.5 Å². The van der Waals surface area contributed by atoms with Crippen molar-refractivity contribution < 1.29 is 0 Å². The molecule has 2 heterocycles. The maximum Gasteiger partial charge on any atom is 0.131 e. The number of nitrogens with two attached hydrogens (primary N) is 1. The number of pyridine rings is 1. The molecule has 2 N–H and O–H groups in total. The molecule has 0 aliphatic carbocycles. The Labute approximate surface area is 110 Å². The summed E-state index contributed by atoms with van der Waals surface area (Å²) in [6, 6.07) is 12.6. The Bertz CT molecular complexity index is 701. The molecule has 0 saturated heterocycles. The van der Waals surface area contributed by atoms with Crippen LogP contribution in [0.3, 0.4) is 0 Å². The summed E-state index contributed by atoms with van der Waals surface area (Å²) in [7, 11) is 0. The van der Waals surface area contributed by atoms with Crippen LogP contribution < -0.4 is 5.73 Å². The fourth-order valence-corrected chi connectivity index (χ4v) is 2.98. The first kappa shape index (κ1) is 11.2. The van der Waals surface area contributed by atoms with Crippen LogP contribution in [0, 0.1) is 0 Å². The van der Waals surface area contributed by atoms with E-state index in [2.05, 4.69) is 53.7 Å². The summed E-state index contributed by atoms with van der Waals surface area (Å²) >= 11 is 1.75. The van der Waals surface area contributed by atoms with E-state index < -0.39 is 0 Å². The number of thiophene rings is 1. The number of benzene rings is 1. The summed E-state index contributed by atoms with van der Waals surface area (Å²) in [5, 5.41) is 3.36. The van der Waals surface area contributed by atoms with Gasteiger partial charge in [-0.25, -0.2) is 4.98 Å². The van der Waals surface area contributed by atoms with Gasteiger partial charge in [-0.3, -0.25) is 0 Å². The van der Waals surface area contributed by atoms with E-state index in [1.165, 1.54) is 15.6 Å². The van der Waals surface area contributed by atoms with Crippen molar-refractivity contribution in [1.82, 2.24) is 4.98 Å². The molecule has 0 fully saturated rings. The molecule has 90 valence electrons. The van der Waals surface area contributed by atoms with Gasteiger partial charge >= 0.3 is 0 Å². The molecule has 3 heteroatoms. The van der Waals surface area contributed by atoms with Crippen LogP contribution >= 0.6 is 11.3 Å². The molecular formula is C15H14N2S. The van der Waals surface area contributed by atoms with E-state index in [-0.39, 0.29) is 0 Å². The van der Waals surface area contributed by atoms with Crippen molar-refractivity contribution in [3.63, 3.8) is 0 Å². The zero-order valence-electron chi connectivity index (χ0n) is 10.2. The molecule has 18 heavy (non-hydrogen) atoms. The number of fused-ring (bicyclic) bond motifs is 1. The highest BCUT2D eigenvalue weighted by atomic mass is 32.1. The zero-order valence-corrected chi connectivity index (χ0v) is 11.0. The predicted octanol–water partition coefficient (Wildman–Crippen LogP) is 4.11. The SMILES string of the molecule is CCc1ccc(-c2cccc3sccc23)c(N)n1.